The van der Waals surface area contributed by atoms with Gasteiger partial charge in [0.05, 0.1) is 10.0 Å². The lowest BCUT2D eigenvalue weighted by Crippen LogP contribution is -2.17. The van der Waals surface area contributed by atoms with Crippen molar-refractivity contribution in [3.05, 3.63) is 63.1 Å². The van der Waals surface area contributed by atoms with Gasteiger partial charge in [-0.1, -0.05) is 41.4 Å². The number of fused-ring (bicyclic) bond motifs is 1. The highest BCUT2D eigenvalue weighted by Gasteiger charge is 2.17. The summed E-state index contributed by atoms with van der Waals surface area (Å²) in [5, 5.41) is 1.10. The van der Waals surface area contributed by atoms with E-state index >= 15 is 0 Å². The summed E-state index contributed by atoms with van der Waals surface area (Å²) in [4.78, 5) is 0. The molecule has 0 aliphatic heterocycles. The van der Waals surface area contributed by atoms with Gasteiger partial charge < -0.3 is 10.5 Å². The van der Waals surface area contributed by atoms with Crippen LogP contribution in [0.25, 0.3) is 0 Å². The van der Waals surface area contributed by atoms with Crippen molar-refractivity contribution >= 4 is 23.2 Å². The lowest BCUT2D eigenvalue weighted by Gasteiger charge is -2.22. The topological polar surface area (TPSA) is 35.2 Å². The summed E-state index contributed by atoms with van der Waals surface area (Å²) >= 11 is 12.2. The van der Waals surface area contributed by atoms with Crippen LogP contribution in [0, 0.1) is 0 Å². The zero-order valence-corrected chi connectivity index (χ0v) is 13.1. The molecule has 0 radical (unpaired) electrons. The minimum absolute atomic E-state index is 0.158. The highest BCUT2D eigenvalue weighted by molar-refractivity contribution is 6.42. The standard InChI is InChI=1S/C17H17Cl2NO/c18-15-5-1-4-12(17(15)19)10-21-13-7-8-14-11(9-13)3-2-6-16(14)20/h1,4-5,7-9,16H,2-3,6,10,20H2. The molecule has 21 heavy (non-hydrogen) atoms. The molecule has 1 aliphatic rings. The highest BCUT2D eigenvalue weighted by Crippen LogP contribution is 2.31. The van der Waals surface area contributed by atoms with E-state index < -0.39 is 0 Å². The van der Waals surface area contributed by atoms with E-state index in [9.17, 15) is 0 Å². The quantitative estimate of drug-likeness (QED) is 0.871. The summed E-state index contributed by atoms with van der Waals surface area (Å²) in [5.74, 6) is 0.846. The Morgan fingerprint density at radius 1 is 1.19 bits per heavy atom. The molecule has 4 heteroatoms. The van der Waals surface area contributed by atoms with Gasteiger partial charge >= 0.3 is 0 Å². The second kappa shape index (κ2) is 6.27. The van der Waals surface area contributed by atoms with Crippen LogP contribution in [0.3, 0.4) is 0 Å². The average molecular weight is 322 g/mol. The molecule has 1 atom stereocenters. The number of hydrogen-bond acceptors (Lipinski definition) is 2. The maximum Gasteiger partial charge on any atom is 0.120 e. The first kappa shape index (κ1) is 14.7. The SMILES string of the molecule is NC1CCCc2cc(OCc3cccc(Cl)c3Cl)ccc21. The highest BCUT2D eigenvalue weighted by atomic mass is 35.5. The van der Waals surface area contributed by atoms with E-state index in [-0.39, 0.29) is 6.04 Å². The Morgan fingerprint density at radius 2 is 2.05 bits per heavy atom. The summed E-state index contributed by atoms with van der Waals surface area (Å²) in [6.07, 6.45) is 3.27. The molecular weight excluding hydrogens is 305 g/mol. The van der Waals surface area contributed by atoms with Gasteiger partial charge in [-0.3, -0.25) is 0 Å². The van der Waals surface area contributed by atoms with Gasteiger partial charge in [0.15, 0.2) is 0 Å². The maximum absolute atomic E-state index is 6.17. The van der Waals surface area contributed by atoms with Gasteiger partial charge in [-0.05, 0) is 48.6 Å². The van der Waals surface area contributed by atoms with Gasteiger partial charge in [0.2, 0.25) is 0 Å². The van der Waals surface area contributed by atoms with E-state index in [0.29, 0.717) is 16.7 Å². The van der Waals surface area contributed by atoms with Gasteiger partial charge in [0.25, 0.3) is 0 Å². The molecule has 110 valence electrons. The number of nitrogens with two attached hydrogens (primary N) is 1. The van der Waals surface area contributed by atoms with E-state index in [4.69, 9.17) is 33.7 Å². The Hall–Kier alpha value is -1.22. The Bertz CT molecular complexity index is 657. The molecule has 3 rings (SSSR count). The zero-order valence-electron chi connectivity index (χ0n) is 11.6. The second-order valence-electron chi connectivity index (χ2n) is 5.36. The van der Waals surface area contributed by atoms with Crippen LogP contribution in [-0.2, 0) is 13.0 Å². The lowest BCUT2D eigenvalue weighted by molar-refractivity contribution is 0.305. The molecule has 0 aromatic heterocycles. The van der Waals surface area contributed by atoms with Crippen LogP contribution >= 0.6 is 23.2 Å². The first-order valence-electron chi connectivity index (χ1n) is 7.09. The molecule has 1 aliphatic carbocycles. The summed E-state index contributed by atoms with van der Waals surface area (Å²) < 4.78 is 5.85. The van der Waals surface area contributed by atoms with Gasteiger partial charge in [0.1, 0.15) is 12.4 Å². The Labute approximate surface area is 134 Å². The van der Waals surface area contributed by atoms with Crippen molar-refractivity contribution in [2.45, 2.75) is 31.9 Å². The van der Waals surface area contributed by atoms with Crippen LogP contribution in [0.15, 0.2) is 36.4 Å². The molecule has 0 saturated heterocycles. The molecule has 1 unspecified atom stereocenters. The third-order valence-corrected chi connectivity index (χ3v) is 4.76. The van der Waals surface area contributed by atoms with E-state index in [0.717, 1.165) is 30.6 Å². The fraction of sp³-hybridized carbons (Fsp3) is 0.294. The second-order valence-corrected chi connectivity index (χ2v) is 6.15. The van der Waals surface area contributed by atoms with Crippen LogP contribution in [0.4, 0.5) is 0 Å². The van der Waals surface area contributed by atoms with Crippen molar-refractivity contribution in [3.63, 3.8) is 0 Å². The molecule has 0 bridgehead atoms. The summed E-state index contributed by atoms with van der Waals surface area (Å²) in [6.45, 7) is 0.407. The van der Waals surface area contributed by atoms with Crippen LogP contribution in [0.1, 0.15) is 35.6 Å². The van der Waals surface area contributed by atoms with Crippen molar-refractivity contribution in [1.29, 1.82) is 0 Å². The molecule has 2 nitrogen and oxygen atoms in total. The average Bonchev–Trinajstić information content (AvgIpc) is 2.49. The molecule has 2 aromatic rings. The predicted octanol–water partition coefficient (Wildman–Crippen LogP) is 4.91. The van der Waals surface area contributed by atoms with Crippen LogP contribution in [0.2, 0.25) is 10.0 Å². The fourth-order valence-corrected chi connectivity index (χ4v) is 3.11. The molecule has 0 heterocycles. The van der Waals surface area contributed by atoms with Gasteiger partial charge in [0, 0.05) is 11.6 Å². The Kier molecular flexibility index (Phi) is 4.39. The predicted molar refractivity (Wildman–Crippen MR) is 87.1 cm³/mol. The summed E-state index contributed by atoms with van der Waals surface area (Å²) in [7, 11) is 0. The number of halogens is 2. The van der Waals surface area contributed by atoms with E-state index in [2.05, 4.69) is 12.1 Å². The molecule has 2 N–H and O–H groups in total. The first-order chi connectivity index (χ1) is 10.1. The van der Waals surface area contributed by atoms with Crippen molar-refractivity contribution in [1.82, 2.24) is 0 Å². The number of benzene rings is 2. The molecule has 0 saturated carbocycles. The number of hydrogen-bond donors (Lipinski definition) is 1. The van der Waals surface area contributed by atoms with E-state index in [1.165, 1.54) is 11.1 Å². The minimum Gasteiger partial charge on any atom is -0.489 e. The molecule has 0 spiro atoms. The fourth-order valence-electron chi connectivity index (χ4n) is 2.74. The van der Waals surface area contributed by atoms with Crippen LogP contribution < -0.4 is 10.5 Å². The van der Waals surface area contributed by atoms with Crippen molar-refractivity contribution in [2.75, 3.05) is 0 Å². The Balaban J connectivity index is 1.75. The normalized spacial score (nSPS) is 17.4. The molecule has 2 aromatic carbocycles. The van der Waals surface area contributed by atoms with Crippen molar-refractivity contribution < 1.29 is 4.74 Å². The minimum atomic E-state index is 0.158. The van der Waals surface area contributed by atoms with Crippen LogP contribution in [-0.4, -0.2) is 0 Å². The van der Waals surface area contributed by atoms with E-state index in [1.54, 1.807) is 6.07 Å². The van der Waals surface area contributed by atoms with Gasteiger partial charge in [-0.2, -0.15) is 0 Å². The summed E-state index contributed by atoms with van der Waals surface area (Å²) in [5.41, 5.74) is 9.55. The van der Waals surface area contributed by atoms with Gasteiger partial charge in [-0.25, -0.2) is 0 Å². The van der Waals surface area contributed by atoms with Crippen LogP contribution in [0.5, 0.6) is 5.75 Å². The third kappa shape index (κ3) is 3.18. The van der Waals surface area contributed by atoms with Crippen molar-refractivity contribution in [3.8, 4) is 5.75 Å². The van der Waals surface area contributed by atoms with E-state index in [1.807, 2.05) is 18.2 Å². The third-order valence-electron chi connectivity index (χ3n) is 3.90. The summed E-state index contributed by atoms with van der Waals surface area (Å²) in [6, 6.07) is 11.9. The maximum atomic E-state index is 6.17. The molecular formula is C17H17Cl2NO. The number of ether oxygens (including phenoxy) is 1. The lowest BCUT2D eigenvalue weighted by atomic mass is 9.88. The first-order valence-corrected chi connectivity index (χ1v) is 7.85. The number of aryl methyl sites for hydroxylation is 1. The largest absolute Gasteiger partial charge is 0.489 e. The zero-order chi connectivity index (χ0) is 14.8. The van der Waals surface area contributed by atoms with Crippen molar-refractivity contribution in [2.24, 2.45) is 5.73 Å². The number of rotatable bonds is 3. The molecule has 0 amide bonds. The monoisotopic (exact) mass is 321 g/mol. The molecule has 0 fully saturated rings. The Morgan fingerprint density at radius 3 is 2.90 bits per heavy atom. The van der Waals surface area contributed by atoms with Gasteiger partial charge in [-0.15, -0.1) is 0 Å². The smallest absolute Gasteiger partial charge is 0.120 e.